The van der Waals surface area contributed by atoms with Gasteiger partial charge in [0.25, 0.3) is 0 Å². The van der Waals surface area contributed by atoms with Crippen molar-refractivity contribution in [3.05, 3.63) is 34.9 Å². The molecule has 1 rings (SSSR count). The van der Waals surface area contributed by atoms with E-state index in [2.05, 4.69) is 63.0 Å². The first-order valence-corrected chi connectivity index (χ1v) is 7.64. The molecule has 0 fully saturated rings. The molecule has 108 valence electrons. The van der Waals surface area contributed by atoms with Crippen molar-refractivity contribution in [2.24, 2.45) is 0 Å². The Morgan fingerprint density at radius 2 is 1.58 bits per heavy atom. The Balaban J connectivity index is 2.87. The van der Waals surface area contributed by atoms with E-state index in [9.17, 15) is 0 Å². The van der Waals surface area contributed by atoms with Crippen molar-refractivity contribution in [2.45, 2.75) is 47.1 Å². The number of aryl methyl sites for hydroxylation is 2. The topological polar surface area (TPSA) is 15.3 Å². The highest BCUT2D eigenvalue weighted by molar-refractivity contribution is 5.31. The lowest BCUT2D eigenvalue weighted by Gasteiger charge is -2.27. The monoisotopic (exact) mass is 262 g/mol. The maximum absolute atomic E-state index is 3.70. The first-order valence-electron chi connectivity index (χ1n) is 7.64. The van der Waals surface area contributed by atoms with Gasteiger partial charge in [-0.2, -0.15) is 0 Å². The Hall–Kier alpha value is -0.860. The molecule has 19 heavy (non-hydrogen) atoms. The zero-order chi connectivity index (χ0) is 14.3. The zero-order valence-corrected chi connectivity index (χ0v) is 13.3. The predicted octanol–water partition coefficient (Wildman–Crippen LogP) is 3.69. The second kappa shape index (κ2) is 8.34. The van der Waals surface area contributed by atoms with Gasteiger partial charge in [0.15, 0.2) is 0 Å². The van der Waals surface area contributed by atoms with Crippen LogP contribution in [0.15, 0.2) is 18.2 Å². The highest BCUT2D eigenvalue weighted by atomic mass is 15.1. The minimum absolute atomic E-state index is 0.443. The highest BCUT2D eigenvalue weighted by Gasteiger charge is 2.14. The smallest absolute Gasteiger partial charge is 0.0449 e. The van der Waals surface area contributed by atoms with Crippen LogP contribution in [-0.2, 0) is 0 Å². The molecule has 0 aliphatic rings. The summed E-state index contributed by atoms with van der Waals surface area (Å²) in [5, 5.41) is 3.70. The van der Waals surface area contributed by atoms with Crippen molar-refractivity contribution in [1.82, 2.24) is 10.2 Å². The molecule has 0 saturated heterocycles. The molecule has 1 aromatic carbocycles. The van der Waals surface area contributed by atoms with Crippen LogP contribution in [0.25, 0.3) is 0 Å². The first-order chi connectivity index (χ1) is 9.10. The van der Waals surface area contributed by atoms with Crippen molar-refractivity contribution < 1.29 is 0 Å². The Labute approximate surface area is 119 Å². The zero-order valence-electron chi connectivity index (χ0n) is 13.3. The van der Waals surface area contributed by atoms with Gasteiger partial charge >= 0.3 is 0 Å². The van der Waals surface area contributed by atoms with E-state index < -0.39 is 0 Å². The molecule has 0 amide bonds. The van der Waals surface area contributed by atoms with E-state index in [0.29, 0.717) is 6.04 Å². The molecule has 2 nitrogen and oxygen atoms in total. The summed E-state index contributed by atoms with van der Waals surface area (Å²) in [5.74, 6) is 0. The summed E-state index contributed by atoms with van der Waals surface area (Å²) in [4.78, 5) is 2.49. The molecule has 2 heteroatoms. The molecule has 0 aliphatic carbocycles. The number of hydrogen-bond donors (Lipinski definition) is 1. The number of nitrogens with zero attached hydrogens (tertiary/aromatic N) is 1. The van der Waals surface area contributed by atoms with Gasteiger partial charge in [-0.05, 0) is 45.5 Å². The largest absolute Gasteiger partial charge is 0.309 e. The van der Waals surface area contributed by atoms with Crippen molar-refractivity contribution in [2.75, 3.05) is 26.2 Å². The average molecular weight is 262 g/mol. The van der Waals surface area contributed by atoms with E-state index in [0.717, 1.165) is 26.2 Å². The SMILES string of the molecule is CCCNC(CN(CC)CC)c1cc(C)cc(C)c1. The van der Waals surface area contributed by atoms with Crippen LogP contribution >= 0.6 is 0 Å². The second-order valence-electron chi connectivity index (χ2n) is 5.41. The maximum atomic E-state index is 3.70. The fourth-order valence-electron chi connectivity index (χ4n) is 2.56. The van der Waals surface area contributed by atoms with E-state index in [1.807, 2.05) is 0 Å². The molecular weight excluding hydrogens is 232 g/mol. The van der Waals surface area contributed by atoms with Gasteiger partial charge in [-0.15, -0.1) is 0 Å². The maximum Gasteiger partial charge on any atom is 0.0449 e. The van der Waals surface area contributed by atoms with Crippen LogP contribution in [0.2, 0.25) is 0 Å². The summed E-state index contributed by atoms with van der Waals surface area (Å²) in [6.45, 7) is 15.5. The quantitative estimate of drug-likeness (QED) is 0.768. The summed E-state index contributed by atoms with van der Waals surface area (Å²) in [7, 11) is 0. The molecular formula is C17H30N2. The minimum Gasteiger partial charge on any atom is -0.309 e. The molecule has 0 bridgehead atoms. The van der Waals surface area contributed by atoms with E-state index in [1.165, 1.54) is 23.1 Å². The normalized spacial score (nSPS) is 12.9. The van der Waals surface area contributed by atoms with Crippen molar-refractivity contribution >= 4 is 0 Å². The third kappa shape index (κ3) is 5.33. The van der Waals surface area contributed by atoms with E-state index in [4.69, 9.17) is 0 Å². The molecule has 0 saturated carbocycles. The molecule has 1 N–H and O–H groups in total. The van der Waals surface area contributed by atoms with Crippen LogP contribution in [0.3, 0.4) is 0 Å². The number of hydrogen-bond acceptors (Lipinski definition) is 2. The van der Waals surface area contributed by atoms with Crippen LogP contribution in [0.4, 0.5) is 0 Å². The molecule has 0 aromatic heterocycles. The van der Waals surface area contributed by atoms with Gasteiger partial charge in [-0.25, -0.2) is 0 Å². The van der Waals surface area contributed by atoms with Crippen LogP contribution < -0.4 is 5.32 Å². The molecule has 1 aromatic rings. The lowest BCUT2D eigenvalue weighted by atomic mass is 10.0. The summed E-state index contributed by atoms with van der Waals surface area (Å²) >= 11 is 0. The van der Waals surface area contributed by atoms with Crippen molar-refractivity contribution in [3.8, 4) is 0 Å². The lowest BCUT2D eigenvalue weighted by molar-refractivity contribution is 0.265. The third-order valence-corrected chi connectivity index (χ3v) is 3.62. The Morgan fingerprint density at radius 3 is 2.05 bits per heavy atom. The highest BCUT2D eigenvalue weighted by Crippen LogP contribution is 2.18. The fraction of sp³-hybridized carbons (Fsp3) is 0.647. The minimum atomic E-state index is 0.443. The number of likely N-dealkylation sites (N-methyl/N-ethyl adjacent to an activating group) is 1. The van der Waals surface area contributed by atoms with E-state index in [-0.39, 0.29) is 0 Å². The Kier molecular flexibility index (Phi) is 7.11. The lowest BCUT2D eigenvalue weighted by Crippen LogP contribution is -2.35. The standard InChI is InChI=1S/C17H30N2/c1-6-9-18-17(13-19(7-2)8-3)16-11-14(4)10-15(5)12-16/h10-12,17-18H,6-9,13H2,1-5H3. The van der Waals surface area contributed by atoms with Gasteiger partial charge in [-0.3, -0.25) is 0 Å². The van der Waals surface area contributed by atoms with E-state index in [1.54, 1.807) is 0 Å². The number of nitrogens with one attached hydrogen (secondary N) is 1. The van der Waals surface area contributed by atoms with Gasteiger partial charge in [0.2, 0.25) is 0 Å². The fourth-order valence-corrected chi connectivity index (χ4v) is 2.56. The number of benzene rings is 1. The summed E-state index contributed by atoms with van der Waals surface area (Å²) in [6, 6.07) is 7.34. The summed E-state index contributed by atoms with van der Waals surface area (Å²) in [6.07, 6.45) is 1.18. The molecule has 1 atom stereocenters. The van der Waals surface area contributed by atoms with Crippen molar-refractivity contribution in [1.29, 1.82) is 0 Å². The van der Waals surface area contributed by atoms with Crippen LogP contribution in [0.5, 0.6) is 0 Å². The van der Waals surface area contributed by atoms with Gasteiger partial charge in [0.1, 0.15) is 0 Å². The van der Waals surface area contributed by atoms with Gasteiger partial charge in [0.05, 0.1) is 0 Å². The van der Waals surface area contributed by atoms with Gasteiger partial charge in [-0.1, -0.05) is 50.1 Å². The van der Waals surface area contributed by atoms with Crippen LogP contribution in [-0.4, -0.2) is 31.1 Å². The third-order valence-electron chi connectivity index (χ3n) is 3.62. The summed E-state index contributed by atoms with van der Waals surface area (Å²) in [5.41, 5.74) is 4.15. The average Bonchev–Trinajstić information content (AvgIpc) is 2.38. The molecule has 0 heterocycles. The van der Waals surface area contributed by atoms with E-state index >= 15 is 0 Å². The number of rotatable bonds is 8. The Bertz CT molecular complexity index is 349. The molecule has 0 spiro atoms. The van der Waals surface area contributed by atoms with Crippen LogP contribution in [0.1, 0.15) is 49.9 Å². The Morgan fingerprint density at radius 1 is 1.00 bits per heavy atom. The molecule has 0 radical (unpaired) electrons. The second-order valence-corrected chi connectivity index (χ2v) is 5.41. The van der Waals surface area contributed by atoms with Crippen LogP contribution in [0, 0.1) is 13.8 Å². The predicted molar refractivity (Wildman–Crippen MR) is 84.7 cm³/mol. The first kappa shape index (κ1) is 16.2. The van der Waals surface area contributed by atoms with Crippen molar-refractivity contribution in [3.63, 3.8) is 0 Å². The molecule has 1 unspecified atom stereocenters. The summed E-state index contributed by atoms with van der Waals surface area (Å²) < 4.78 is 0. The molecule has 0 aliphatic heterocycles. The van der Waals surface area contributed by atoms with Gasteiger partial charge < -0.3 is 10.2 Å². The van der Waals surface area contributed by atoms with Gasteiger partial charge in [0, 0.05) is 12.6 Å².